The van der Waals surface area contributed by atoms with Gasteiger partial charge < -0.3 is 11.1 Å². The first-order valence-electron chi connectivity index (χ1n) is 4.79. The van der Waals surface area contributed by atoms with E-state index in [0.29, 0.717) is 5.75 Å². The summed E-state index contributed by atoms with van der Waals surface area (Å²) < 4.78 is 0. The third-order valence-electron chi connectivity index (χ3n) is 2.18. The first kappa shape index (κ1) is 12.1. The molecule has 1 aromatic carbocycles. The van der Waals surface area contributed by atoms with E-state index >= 15 is 0 Å². The van der Waals surface area contributed by atoms with Gasteiger partial charge in [0.1, 0.15) is 0 Å². The molecule has 0 aliphatic rings. The highest BCUT2D eigenvalue weighted by atomic mass is 32.1. The Labute approximate surface area is 95.5 Å². The molecule has 0 radical (unpaired) electrons. The van der Waals surface area contributed by atoms with Crippen molar-refractivity contribution in [3.05, 3.63) is 29.3 Å². The number of carbonyl (C=O) groups is 1. The highest BCUT2D eigenvalue weighted by molar-refractivity contribution is 7.80. The van der Waals surface area contributed by atoms with E-state index in [1.54, 1.807) is 0 Å². The van der Waals surface area contributed by atoms with Crippen molar-refractivity contribution in [2.75, 3.05) is 11.1 Å². The second-order valence-corrected chi connectivity index (χ2v) is 3.96. The lowest BCUT2D eigenvalue weighted by atomic mass is 10.1. The first-order valence-corrected chi connectivity index (χ1v) is 5.42. The number of benzene rings is 1. The van der Waals surface area contributed by atoms with Gasteiger partial charge in [0.15, 0.2) is 0 Å². The maximum absolute atomic E-state index is 11.5. The van der Waals surface area contributed by atoms with Crippen LogP contribution in [-0.2, 0) is 4.79 Å². The summed E-state index contributed by atoms with van der Waals surface area (Å²) in [6.45, 7) is 3.93. The molecule has 1 rings (SSSR count). The van der Waals surface area contributed by atoms with Gasteiger partial charge >= 0.3 is 0 Å². The number of hydrogen-bond donors (Lipinski definition) is 3. The standard InChI is InChI=1S/C11H16N2OS/c1-7-3-4-8(2)10(5-7)13-11(14)9(12)6-15/h3-5,9,15H,6,12H2,1-2H3,(H,13,14). The summed E-state index contributed by atoms with van der Waals surface area (Å²) in [5.74, 6) is 0.148. The Kier molecular flexibility index (Phi) is 4.17. The van der Waals surface area contributed by atoms with Gasteiger partial charge in [-0.2, -0.15) is 12.6 Å². The number of nitrogens with two attached hydrogens (primary N) is 1. The molecular weight excluding hydrogens is 208 g/mol. The third kappa shape index (κ3) is 3.25. The molecule has 0 aromatic heterocycles. The van der Waals surface area contributed by atoms with Gasteiger partial charge in [-0.25, -0.2) is 0 Å². The second-order valence-electron chi connectivity index (χ2n) is 3.60. The molecule has 1 unspecified atom stereocenters. The van der Waals surface area contributed by atoms with Gasteiger partial charge in [0.2, 0.25) is 5.91 Å². The molecule has 1 amide bonds. The molecule has 1 aromatic rings. The zero-order chi connectivity index (χ0) is 11.4. The van der Waals surface area contributed by atoms with Gasteiger partial charge in [-0.3, -0.25) is 4.79 Å². The van der Waals surface area contributed by atoms with Crippen molar-refractivity contribution in [2.45, 2.75) is 19.9 Å². The zero-order valence-corrected chi connectivity index (χ0v) is 9.84. The van der Waals surface area contributed by atoms with Gasteiger partial charge in [0, 0.05) is 11.4 Å². The van der Waals surface area contributed by atoms with Crippen molar-refractivity contribution >= 4 is 24.2 Å². The predicted molar refractivity (Wildman–Crippen MR) is 66.4 cm³/mol. The minimum absolute atomic E-state index is 0.196. The van der Waals surface area contributed by atoms with E-state index in [1.165, 1.54) is 0 Å². The van der Waals surface area contributed by atoms with Crippen LogP contribution in [0.4, 0.5) is 5.69 Å². The molecule has 0 saturated heterocycles. The summed E-state index contributed by atoms with van der Waals surface area (Å²) in [7, 11) is 0. The molecule has 15 heavy (non-hydrogen) atoms. The SMILES string of the molecule is Cc1ccc(C)c(NC(=O)C(N)CS)c1. The molecule has 0 bridgehead atoms. The highest BCUT2D eigenvalue weighted by Gasteiger charge is 2.12. The van der Waals surface area contributed by atoms with E-state index in [4.69, 9.17) is 5.73 Å². The van der Waals surface area contributed by atoms with Crippen LogP contribution in [0.2, 0.25) is 0 Å². The van der Waals surface area contributed by atoms with Crippen molar-refractivity contribution in [1.82, 2.24) is 0 Å². The maximum Gasteiger partial charge on any atom is 0.242 e. The summed E-state index contributed by atoms with van der Waals surface area (Å²) in [6, 6.07) is 5.34. The summed E-state index contributed by atoms with van der Waals surface area (Å²) >= 11 is 3.98. The molecule has 3 N–H and O–H groups in total. The Morgan fingerprint density at radius 2 is 2.20 bits per heavy atom. The average Bonchev–Trinajstić information content (AvgIpc) is 2.22. The van der Waals surface area contributed by atoms with Crippen LogP contribution in [0.5, 0.6) is 0 Å². The fraction of sp³-hybridized carbons (Fsp3) is 0.364. The molecule has 0 spiro atoms. The maximum atomic E-state index is 11.5. The van der Waals surface area contributed by atoms with Crippen molar-refractivity contribution in [3.63, 3.8) is 0 Å². The molecule has 0 aliphatic heterocycles. The number of thiol groups is 1. The lowest BCUT2D eigenvalue weighted by molar-refractivity contribution is -0.116. The van der Waals surface area contributed by atoms with Crippen LogP contribution in [-0.4, -0.2) is 17.7 Å². The molecule has 0 fully saturated rings. The van der Waals surface area contributed by atoms with Gasteiger partial charge in [-0.05, 0) is 31.0 Å². The Hall–Kier alpha value is -1.00. The van der Waals surface area contributed by atoms with E-state index in [9.17, 15) is 4.79 Å². The van der Waals surface area contributed by atoms with Crippen molar-refractivity contribution in [3.8, 4) is 0 Å². The van der Waals surface area contributed by atoms with E-state index in [0.717, 1.165) is 16.8 Å². The Balaban J connectivity index is 2.80. The van der Waals surface area contributed by atoms with Gasteiger partial charge in [-0.1, -0.05) is 12.1 Å². The van der Waals surface area contributed by atoms with Crippen LogP contribution in [0, 0.1) is 13.8 Å². The number of anilines is 1. The molecule has 3 nitrogen and oxygen atoms in total. The van der Waals surface area contributed by atoms with Crippen LogP contribution < -0.4 is 11.1 Å². The van der Waals surface area contributed by atoms with Crippen molar-refractivity contribution < 1.29 is 4.79 Å². The van der Waals surface area contributed by atoms with Crippen molar-refractivity contribution in [1.29, 1.82) is 0 Å². The quantitative estimate of drug-likeness (QED) is 0.681. The number of carbonyl (C=O) groups excluding carboxylic acids is 1. The number of amides is 1. The zero-order valence-electron chi connectivity index (χ0n) is 8.95. The van der Waals surface area contributed by atoms with Gasteiger partial charge in [0.25, 0.3) is 0 Å². The number of nitrogens with one attached hydrogen (secondary N) is 1. The molecule has 0 saturated carbocycles. The fourth-order valence-electron chi connectivity index (χ4n) is 1.18. The van der Waals surface area contributed by atoms with Crippen LogP contribution in [0.3, 0.4) is 0 Å². The van der Waals surface area contributed by atoms with Crippen molar-refractivity contribution in [2.24, 2.45) is 5.73 Å². The summed E-state index contributed by atoms with van der Waals surface area (Å²) in [5, 5.41) is 2.79. The summed E-state index contributed by atoms with van der Waals surface area (Å²) in [5.41, 5.74) is 8.52. The topological polar surface area (TPSA) is 55.1 Å². The average molecular weight is 224 g/mol. The monoisotopic (exact) mass is 224 g/mol. The normalized spacial score (nSPS) is 12.3. The highest BCUT2D eigenvalue weighted by Crippen LogP contribution is 2.16. The molecule has 0 heterocycles. The molecular formula is C11H16N2OS. The van der Waals surface area contributed by atoms with Crippen LogP contribution in [0.25, 0.3) is 0 Å². The predicted octanol–water partition coefficient (Wildman–Crippen LogP) is 1.50. The molecule has 1 atom stereocenters. The first-order chi connectivity index (χ1) is 7.04. The molecule has 4 heteroatoms. The Bertz CT molecular complexity index is 366. The number of aryl methyl sites for hydroxylation is 2. The van der Waals surface area contributed by atoms with Crippen LogP contribution in [0.15, 0.2) is 18.2 Å². The van der Waals surface area contributed by atoms with Gasteiger partial charge in [0.05, 0.1) is 6.04 Å². The van der Waals surface area contributed by atoms with E-state index in [2.05, 4.69) is 17.9 Å². The largest absolute Gasteiger partial charge is 0.324 e. The van der Waals surface area contributed by atoms with E-state index < -0.39 is 6.04 Å². The lowest BCUT2D eigenvalue weighted by Crippen LogP contribution is -2.37. The van der Waals surface area contributed by atoms with Crippen LogP contribution in [0.1, 0.15) is 11.1 Å². The smallest absolute Gasteiger partial charge is 0.242 e. The van der Waals surface area contributed by atoms with Crippen LogP contribution >= 0.6 is 12.6 Å². The fourth-order valence-corrected chi connectivity index (χ4v) is 1.34. The number of rotatable bonds is 3. The van der Waals surface area contributed by atoms with E-state index in [1.807, 2.05) is 32.0 Å². The molecule has 82 valence electrons. The van der Waals surface area contributed by atoms with Gasteiger partial charge in [-0.15, -0.1) is 0 Å². The third-order valence-corrected chi connectivity index (χ3v) is 2.58. The lowest BCUT2D eigenvalue weighted by Gasteiger charge is -2.12. The minimum atomic E-state index is -0.562. The Morgan fingerprint density at radius 1 is 1.53 bits per heavy atom. The summed E-state index contributed by atoms with van der Waals surface area (Å²) in [6.07, 6.45) is 0. The summed E-state index contributed by atoms with van der Waals surface area (Å²) in [4.78, 5) is 11.5. The molecule has 0 aliphatic carbocycles. The Morgan fingerprint density at radius 3 is 2.80 bits per heavy atom. The number of hydrogen-bond acceptors (Lipinski definition) is 3. The minimum Gasteiger partial charge on any atom is -0.324 e. The van der Waals surface area contributed by atoms with E-state index in [-0.39, 0.29) is 5.91 Å². The second kappa shape index (κ2) is 5.19.